The first-order chi connectivity index (χ1) is 30.0. The van der Waals surface area contributed by atoms with Crippen LogP contribution in [0.25, 0.3) is 0 Å². The van der Waals surface area contributed by atoms with Crippen LogP contribution in [0, 0.1) is 0 Å². The fraction of sp³-hybridized carbons (Fsp3) is 0.655. The van der Waals surface area contributed by atoms with E-state index in [1.165, 1.54) is 70.6 Å². The van der Waals surface area contributed by atoms with E-state index < -0.39 is 6.10 Å². The van der Waals surface area contributed by atoms with Crippen molar-refractivity contribution in [2.24, 2.45) is 0 Å². The number of carbonyl (C=O) groups excluding carboxylic acids is 3. The van der Waals surface area contributed by atoms with Gasteiger partial charge in [0.05, 0.1) is 0 Å². The van der Waals surface area contributed by atoms with Crippen LogP contribution in [0.2, 0.25) is 0 Å². The Morgan fingerprint density at radius 2 is 0.721 bits per heavy atom. The summed E-state index contributed by atoms with van der Waals surface area (Å²) in [6, 6.07) is 0. The molecule has 0 heterocycles. The molecule has 0 saturated heterocycles. The number of esters is 3. The van der Waals surface area contributed by atoms with Crippen molar-refractivity contribution in [3.8, 4) is 0 Å². The van der Waals surface area contributed by atoms with Crippen LogP contribution >= 0.6 is 0 Å². The van der Waals surface area contributed by atoms with Gasteiger partial charge >= 0.3 is 17.9 Å². The molecule has 0 aromatic carbocycles. The largest absolute Gasteiger partial charge is 0.462 e. The minimum Gasteiger partial charge on any atom is -0.462 e. The molecule has 0 aliphatic heterocycles. The van der Waals surface area contributed by atoms with Gasteiger partial charge in [-0.25, -0.2) is 0 Å². The van der Waals surface area contributed by atoms with Gasteiger partial charge in [-0.2, -0.15) is 0 Å². The number of carbonyl (C=O) groups is 3. The molecule has 0 aliphatic carbocycles. The van der Waals surface area contributed by atoms with Crippen LogP contribution in [0.5, 0.6) is 0 Å². The van der Waals surface area contributed by atoms with Crippen molar-refractivity contribution in [3.05, 3.63) is 97.2 Å². The fourth-order valence-electron chi connectivity index (χ4n) is 6.50. The Bertz CT molecular complexity index is 1250. The Balaban J connectivity index is 4.50. The van der Waals surface area contributed by atoms with Crippen molar-refractivity contribution in [3.63, 3.8) is 0 Å². The van der Waals surface area contributed by atoms with E-state index in [-0.39, 0.29) is 31.1 Å². The summed E-state index contributed by atoms with van der Waals surface area (Å²) in [5.41, 5.74) is 0. The molecule has 0 bridgehead atoms. The van der Waals surface area contributed by atoms with Crippen LogP contribution in [-0.2, 0) is 28.6 Å². The van der Waals surface area contributed by atoms with Gasteiger partial charge in [0.1, 0.15) is 13.2 Å². The molecule has 0 aromatic rings. The molecule has 61 heavy (non-hydrogen) atoms. The van der Waals surface area contributed by atoms with Crippen LogP contribution in [0.15, 0.2) is 97.2 Å². The van der Waals surface area contributed by atoms with Gasteiger partial charge in [-0.15, -0.1) is 0 Å². The quantitative estimate of drug-likeness (QED) is 0.0200. The van der Waals surface area contributed by atoms with E-state index in [1.807, 2.05) is 36.5 Å². The summed E-state index contributed by atoms with van der Waals surface area (Å²) in [5, 5.41) is 0. The number of ether oxygens (including phenoxy) is 3. The third-order valence-electron chi connectivity index (χ3n) is 10.2. The van der Waals surface area contributed by atoms with E-state index in [0.717, 1.165) is 103 Å². The van der Waals surface area contributed by atoms with Gasteiger partial charge in [0.25, 0.3) is 0 Å². The van der Waals surface area contributed by atoms with Gasteiger partial charge in [0.2, 0.25) is 0 Å². The molecule has 0 rings (SSSR count). The average molecular weight is 847 g/mol. The molecular formula is C55H90O6. The predicted molar refractivity (Wildman–Crippen MR) is 260 cm³/mol. The highest BCUT2D eigenvalue weighted by Gasteiger charge is 2.19. The summed E-state index contributed by atoms with van der Waals surface area (Å²) in [4.78, 5) is 37.9. The summed E-state index contributed by atoms with van der Waals surface area (Å²) in [5.74, 6) is -0.977. The molecular weight excluding hydrogens is 757 g/mol. The average Bonchev–Trinajstić information content (AvgIpc) is 3.26. The molecule has 0 N–H and O–H groups in total. The molecule has 346 valence electrons. The Labute approximate surface area is 375 Å². The Kier molecular flexibility index (Phi) is 46.0. The van der Waals surface area contributed by atoms with Crippen molar-refractivity contribution in [2.45, 2.75) is 219 Å². The fourth-order valence-corrected chi connectivity index (χ4v) is 6.50. The smallest absolute Gasteiger partial charge is 0.306 e. The summed E-state index contributed by atoms with van der Waals surface area (Å²) < 4.78 is 16.7. The summed E-state index contributed by atoms with van der Waals surface area (Å²) in [6.45, 7) is 6.31. The van der Waals surface area contributed by atoms with E-state index >= 15 is 0 Å². The first kappa shape index (κ1) is 57.3. The van der Waals surface area contributed by atoms with Crippen LogP contribution in [0.4, 0.5) is 0 Å². The second kappa shape index (κ2) is 49.0. The minimum atomic E-state index is -0.805. The first-order valence-corrected chi connectivity index (χ1v) is 24.8. The Morgan fingerprint density at radius 1 is 0.361 bits per heavy atom. The zero-order chi connectivity index (χ0) is 44.4. The van der Waals surface area contributed by atoms with Gasteiger partial charge in [0.15, 0.2) is 6.10 Å². The molecule has 0 radical (unpaired) electrons. The number of allylic oxidation sites excluding steroid dienone is 16. The lowest BCUT2D eigenvalue weighted by atomic mass is 10.0. The van der Waals surface area contributed by atoms with E-state index in [1.54, 1.807) is 0 Å². The lowest BCUT2D eigenvalue weighted by Gasteiger charge is -2.18. The summed E-state index contributed by atoms with van der Waals surface area (Å²) >= 11 is 0. The van der Waals surface area contributed by atoms with E-state index in [9.17, 15) is 14.4 Å². The maximum absolute atomic E-state index is 12.8. The van der Waals surface area contributed by atoms with E-state index in [4.69, 9.17) is 14.2 Å². The Hall–Kier alpha value is -3.67. The molecule has 0 fully saturated rings. The third kappa shape index (κ3) is 47.2. The molecule has 6 nitrogen and oxygen atoms in total. The van der Waals surface area contributed by atoms with E-state index in [2.05, 4.69) is 81.5 Å². The van der Waals surface area contributed by atoms with Gasteiger partial charge in [-0.3, -0.25) is 14.4 Å². The molecule has 1 unspecified atom stereocenters. The van der Waals surface area contributed by atoms with Crippen molar-refractivity contribution in [1.29, 1.82) is 0 Å². The first-order valence-electron chi connectivity index (χ1n) is 24.8. The van der Waals surface area contributed by atoms with Crippen molar-refractivity contribution in [2.75, 3.05) is 13.2 Å². The highest BCUT2D eigenvalue weighted by molar-refractivity contribution is 5.71. The lowest BCUT2D eigenvalue weighted by Crippen LogP contribution is -2.30. The van der Waals surface area contributed by atoms with Gasteiger partial charge in [-0.1, -0.05) is 214 Å². The maximum atomic E-state index is 12.8. The van der Waals surface area contributed by atoms with Crippen molar-refractivity contribution < 1.29 is 28.6 Å². The molecule has 0 aromatic heterocycles. The number of rotatable bonds is 43. The normalized spacial score (nSPS) is 12.9. The predicted octanol–water partition coefficient (Wildman–Crippen LogP) is 16.2. The van der Waals surface area contributed by atoms with Gasteiger partial charge in [0, 0.05) is 19.3 Å². The summed E-state index contributed by atoms with van der Waals surface area (Å²) in [7, 11) is 0. The highest BCUT2D eigenvalue weighted by Crippen LogP contribution is 2.14. The van der Waals surface area contributed by atoms with Gasteiger partial charge in [-0.05, 0) is 77.0 Å². The second-order valence-corrected chi connectivity index (χ2v) is 16.1. The van der Waals surface area contributed by atoms with Crippen molar-refractivity contribution in [1.82, 2.24) is 0 Å². The van der Waals surface area contributed by atoms with Crippen LogP contribution < -0.4 is 0 Å². The maximum Gasteiger partial charge on any atom is 0.306 e. The zero-order valence-corrected chi connectivity index (χ0v) is 39.4. The SMILES string of the molecule is CC\C=C/C=C\C=C/C=C\CCCCCC(=O)OCC(COC(=O)CCCCC/C=C\C/C=C\C/C=C\C/C=C\CC)OC(=O)CCCCCCCCCCCCCCCC. The van der Waals surface area contributed by atoms with Gasteiger partial charge < -0.3 is 14.2 Å². The molecule has 0 spiro atoms. The number of hydrogen-bond donors (Lipinski definition) is 0. The lowest BCUT2D eigenvalue weighted by molar-refractivity contribution is -0.167. The van der Waals surface area contributed by atoms with Crippen LogP contribution in [-0.4, -0.2) is 37.2 Å². The van der Waals surface area contributed by atoms with Crippen LogP contribution in [0.3, 0.4) is 0 Å². The van der Waals surface area contributed by atoms with Crippen molar-refractivity contribution >= 4 is 17.9 Å². The Morgan fingerprint density at radius 3 is 1.20 bits per heavy atom. The molecule has 0 amide bonds. The second-order valence-electron chi connectivity index (χ2n) is 16.1. The molecule has 1 atom stereocenters. The molecule has 0 saturated carbocycles. The topological polar surface area (TPSA) is 78.9 Å². The third-order valence-corrected chi connectivity index (χ3v) is 10.2. The molecule has 0 aliphatic rings. The minimum absolute atomic E-state index is 0.107. The van der Waals surface area contributed by atoms with E-state index in [0.29, 0.717) is 19.3 Å². The number of unbranched alkanes of at least 4 members (excludes halogenated alkanes) is 19. The summed E-state index contributed by atoms with van der Waals surface area (Å²) in [6.07, 6.45) is 63.9. The zero-order valence-electron chi connectivity index (χ0n) is 39.4. The number of hydrogen-bond acceptors (Lipinski definition) is 6. The van der Waals surface area contributed by atoms with Crippen LogP contribution in [0.1, 0.15) is 213 Å². The monoisotopic (exact) mass is 847 g/mol. The highest BCUT2D eigenvalue weighted by atomic mass is 16.6. The molecule has 6 heteroatoms. The standard InChI is InChI=1S/C55H90O6/c1-4-7-10-13-16-19-22-25-27-28-31-33-36-39-42-45-48-54(57)60-51-52(50-59-53(56)47-44-41-38-35-32-29-24-21-18-15-12-9-6-3)61-55(58)49-46-43-40-37-34-30-26-23-20-17-14-11-8-5-2/h7,9-10,12,15-16,18-19,21,24-25,27,29,31-33,52H,4-6,8,11,13-14,17,20,22-23,26,28,30,34-51H2,1-3H3/b10-7-,12-9-,18-15-,19-16-,24-21-,27-25-,32-29-,33-31-.